The van der Waals surface area contributed by atoms with E-state index >= 15 is 0 Å². The van der Waals surface area contributed by atoms with Crippen molar-refractivity contribution in [2.75, 3.05) is 7.11 Å². The molecular weight excluding hydrogens is 340 g/mol. The maximum absolute atomic E-state index is 13.3. The van der Waals surface area contributed by atoms with Gasteiger partial charge in [0.15, 0.2) is 0 Å². The molecular formula is C22H20N2O3. The summed E-state index contributed by atoms with van der Waals surface area (Å²) in [5.41, 5.74) is 3.12. The average molecular weight is 360 g/mol. The molecule has 3 aliphatic rings. The smallest absolute Gasteiger partial charge is 0.317 e. The van der Waals surface area contributed by atoms with Gasteiger partial charge in [-0.1, -0.05) is 36.4 Å². The van der Waals surface area contributed by atoms with E-state index in [0.29, 0.717) is 12.2 Å². The Morgan fingerprint density at radius 2 is 2.11 bits per heavy atom. The van der Waals surface area contributed by atoms with Gasteiger partial charge in [-0.25, -0.2) is 4.98 Å². The first kappa shape index (κ1) is 16.2. The zero-order chi connectivity index (χ0) is 18.6. The van der Waals surface area contributed by atoms with Gasteiger partial charge in [-0.15, -0.1) is 0 Å². The molecule has 5 heteroatoms. The van der Waals surface area contributed by atoms with E-state index in [1.165, 1.54) is 7.11 Å². The monoisotopic (exact) mass is 360 g/mol. The van der Waals surface area contributed by atoms with Crippen molar-refractivity contribution in [3.63, 3.8) is 0 Å². The Kier molecular flexibility index (Phi) is 3.47. The highest BCUT2D eigenvalue weighted by atomic mass is 16.5. The Bertz CT molecular complexity index is 1060. The minimum atomic E-state index is -0.682. The Morgan fingerprint density at radius 3 is 2.89 bits per heavy atom. The van der Waals surface area contributed by atoms with Crippen LogP contribution in [0.25, 0.3) is 17.7 Å². The van der Waals surface area contributed by atoms with Crippen LogP contribution in [0.5, 0.6) is 0 Å². The van der Waals surface area contributed by atoms with Gasteiger partial charge in [-0.05, 0) is 49.0 Å². The van der Waals surface area contributed by atoms with E-state index in [4.69, 9.17) is 9.72 Å². The quantitative estimate of drug-likeness (QED) is 0.772. The molecule has 0 saturated heterocycles. The topological polar surface area (TPSA) is 61.2 Å². The summed E-state index contributed by atoms with van der Waals surface area (Å²) >= 11 is 0. The zero-order valence-electron chi connectivity index (χ0n) is 15.1. The first-order valence-corrected chi connectivity index (χ1v) is 9.33. The number of rotatable bonds is 2. The predicted molar refractivity (Wildman–Crippen MR) is 103 cm³/mol. The fraction of sp³-hybridized carbons (Fsp3) is 0.318. The molecule has 136 valence electrons. The predicted octanol–water partition coefficient (Wildman–Crippen LogP) is 3.25. The summed E-state index contributed by atoms with van der Waals surface area (Å²) in [7, 11) is 1.39. The van der Waals surface area contributed by atoms with Crippen LogP contribution < -0.4 is 5.56 Å². The van der Waals surface area contributed by atoms with Crippen molar-refractivity contribution in [3.8, 4) is 0 Å². The van der Waals surface area contributed by atoms with E-state index < -0.39 is 5.41 Å². The van der Waals surface area contributed by atoms with Crippen molar-refractivity contribution in [2.45, 2.75) is 31.7 Å². The van der Waals surface area contributed by atoms with Crippen LogP contribution in [0.15, 0.2) is 41.2 Å². The van der Waals surface area contributed by atoms with Crippen LogP contribution in [0.3, 0.4) is 0 Å². The van der Waals surface area contributed by atoms with E-state index in [9.17, 15) is 9.59 Å². The number of esters is 1. The van der Waals surface area contributed by atoms with E-state index in [2.05, 4.69) is 18.2 Å². The highest BCUT2D eigenvalue weighted by Crippen LogP contribution is 2.60. The van der Waals surface area contributed by atoms with Crippen LogP contribution in [0.1, 0.15) is 47.9 Å². The Hall–Kier alpha value is -2.95. The molecule has 0 spiro atoms. The second kappa shape index (κ2) is 5.78. The second-order valence-electron chi connectivity index (χ2n) is 7.49. The molecule has 0 bridgehead atoms. The number of ether oxygens (including phenoxy) is 1. The van der Waals surface area contributed by atoms with Crippen molar-refractivity contribution in [1.29, 1.82) is 0 Å². The van der Waals surface area contributed by atoms with Crippen LogP contribution in [0.4, 0.5) is 0 Å². The Morgan fingerprint density at radius 1 is 1.30 bits per heavy atom. The minimum Gasteiger partial charge on any atom is -0.468 e. The number of fused-ring (bicyclic) bond motifs is 4. The molecule has 1 aromatic carbocycles. The number of carbonyl (C=O) groups is 1. The third-order valence-electron chi connectivity index (χ3n) is 5.93. The average Bonchev–Trinajstić information content (AvgIpc) is 3.45. The Labute approximate surface area is 157 Å². The van der Waals surface area contributed by atoms with E-state index in [1.807, 2.05) is 24.3 Å². The first-order chi connectivity index (χ1) is 13.1. The highest BCUT2D eigenvalue weighted by molar-refractivity contribution is 5.86. The van der Waals surface area contributed by atoms with E-state index in [-0.39, 0.29) is 17.6 Å². The maximum Gasteiger partial charge on any atom is 0.317 e. The number of nitrogens with zero attached hydrogens (tertiary/aromatic N) is 2. The molecule has 0 radical (unpaired) electrons. The number of hydrogen-bond donors (Lipinski definition) is 0. The van der Waals surface area contributed by atoms with Gasteiger partial charge in [0.05, 0.1) is 18.8 Å². The SMILES string of the molecule is COC(=O)C12C=Cc3nc4c(c(=O)n3C1C2)CCC/C4=C/c1ccccc1. The lowest BCUT2D eigenvalue weighted by molar-refractivity contribution is -0.145. The normalized spacial score (nSPS) is 26.1. The minimum absolute atomic E-state index is 0.00575. The molecule has 2 unspecified atom stereocenters. The Balaban J connectivity index is 1.63. The largest absolute Gasteiger partial charge is 0.468 e. The van der Waals surface area contributed by atoms with Gasteiger partial charge in [-0.2, -0.15) is 0 Å². The lowest BCUT2D eigenvalue weighted by Gasteiger charge is -2.24. The van der Waals surface area contributed by atoms with E-state index in [1.54, 1.807) is 10.6 Å². The van der Waals surface area contributed by atoms with Crippen LogP contribution >= 0.6 is 0 Å². The second-order valence-corrected chi connectivity index (χ2v) is 7.49. The standard InChI is InChI=1S/C22H20N2O3/c1-27-21(26)22-11-10-18-23-19-15(12-14-6-3-2-4-7-14)8-5-9-16(19)20(25)24(18)17(22)13-22/h2-4,6-7,10-12,17H,5,8-9,13H2,1H3/b15-12-. The van der Waals surface area contributed by atoms with Crippen molar-refractivity contribution >= 4 is 23.7 Å². The lowest BCUT2D eigenvalue weighted by atomic mass is 9.90. The molecule has 0 amide bonds. The number of carbonyl (C=O) groups excluding carboxylic acids is 1. The zero-order valence-corrected chi connectivity index (χ0v) is 15.1. The number of benzene rings is 1. The van der Waals surface area contributed by atoms with Crippen LogP contribution in [-0.2, 0) is 16.0 Å². The molecule has 1 aromatic heterocycles. The van der Waals surface area contributed by atoms with Gasteiger partial charge >= 0.3 is 5.97 Å². The van der Waals surface area contributed by atoms with Crippen LogP contribution in [-0.4, -0.2) is 22.6 Å². The summed E-state index contributed by atoms with van der Waals surface area (Å²) in [6.07, 6.45) is 8.98. The van der Waals surface area contributed by atoms with Crippen LogP contribution in [0.2, 0.25) is 0 Å². The first-order valence-electron chi connectivity index (χ1n) is 9.33. The summed E-state index contributed by atoms with van der Waals surface area (Å²) in [6, 6.07) is 9.95. The molecule has 5 rings (SSSR count). The number of hydrogen-bond acceptors (Lipinski definition) is 4. The van der Waals surface area contributed by atoms with Crippen molar-refractivity contribution in [3.05, 3.63) is 69.4 Å². The molecule has 0 N–H and O–H groups in total. The van der Waals surface area contributed by atoms with Gasteiger partial charge in [-0.3, -0.25) is 14.2 Å². The fourth-order valence-corrected chi connectivity index (χ4v) is 4.42. The molecule has 1 saturated carbocycles. The van der Waals surface area contributed by atoms with Crippen molar-refractivity contribution in [1.82, 2.24) is 9.55 Å². The molecule has 2 heterocycles. The maximum atomic E-state index is 13.3. The van der Waals surface area contributed by atoms with E-state index in [0.717, 1.165) is 41.7 Å². The highest BCUT2D eigenvalue weighted by Gasteiger charge is 2.63. The third kappa shape index (κ3) is 2.34. The van der Waals surface area contributed by atoms with Gasteiger partial charge in [0, 0.05) is 5.56 Å². The molecule has 1 aliphatic heterocycles. The molecule has 2 atom stereocenters. The lowest BCUT2D eigenvalue weighted by Crippen LogP contribution is -2.34. The molecule has 5 nitrogen and oxygen atoms in total. The van der Waals surface area contributed by atoms with Gasteiger partial charge in [0.2, 0.25) is 0 Å². The number of allylic oxidation sites excluding steroid dienone is 1. The summed E-state index contributed by atoms with van der Waals surface area (Å²) in [4.78, 5) is 30.3. The van der Waals surface area contributed by atoms with Crippen LogP contribution in [0, 0.1) is 5.41 Å². The third-order valence-corrected chi connectivity index (χ3v) is 5.93. The molecule has 2 aliphatic carbocycles. The fourth-order valence-electron chi connectivity index (χ4n) is 4.42. The van der Waals surface area contributed by atoms with Gasteiger partial charge in [0.1, 0.15) is 11.2 Å². The van der Waals surface area contributed by atoms with Crippen molar-refractivity contribution < 1.29 is 9.53 Å². The molecule has 1 fully saturated rings. The summed E-state index contributed by atoms with van der Waals surface area (Å²) < 4.78 is 6.66. The number of aromatic nitrogens is 2. The summed E-state index contributed by atoms with van der Waals surface area (Å²) in [5.74, 6) is 0.366. The van der Waals surface area contributed by atoms with Gasteiger partial charge < -0.3 is 4.74 Å². The summed E-state index contributed by atoms with van der Waals surface area (Å²) in [5, 5.41) is 0. The van der Waals surface area contributed by atoms with Gasteiger partial charge in [0.25, 0.3) is 5.56 Å². The molecule has 27 heavy (non-hydrogen) atoms. The summed E-state index contributed by atoms with van der Waals surface area (Å²) in [6.45, 7) is 0. The van der Waals surface area contributed by atoms with Crippen molar-refractivity contribution in [2.24, 2.45) is 5.41 Å². The number of methoxy groups -OCH3 is 1. The molecule has 2 aromatic rings.